The first-order valence-corrected chi connectivity index (χ1v) is 9.39. The summed E-state index contributed by atoms with van der Waals surface area (Å²) in [4.78, 5) is 26.8. The lowest BCUT2D eigenvalue weighted by Crippen LogP contribution is -2.36. The van der Waals surface area contributed by atoms with E-state index in [1.807, 2.05) is 0 Å². The molecule has 7 heteroatoms. The molecule has 0 atom stereocenters. The van der Waals surface area contributed by atoms with Crippen LogP contribution >= 0.6 is 0 Å². The molecule has 0 aliphatic carbocycles. The van der Waals surface area contributed by atoms with Crippen LogP contribution in [0, 0.1) is 0 Å². The average Bonchev–Trinajstić information content (AvgIpc) is 2.77. The number of fused-ring (bicyclic) bond motifs is 1. The highest BCUT2D eigenvalue weighted by atomic mass is 16.2. The lowest BCUT2D eigenvalue weighted by Gasteiger charge is -2.26. The third kappa shape index (κ3) is 4.47. The van der Waals surface area contributed by atoms with Gasteiger partial charge in [-0.15, -0.1) is 0 Å². The predicted octanol–water partition coefficient (Wildman–Crippen LogP) is 0.763. The van der Waals surface area contributed by atoms with Gasteiger partial charge in [0.05, 0.1) is 0 Å². The van der Waals surface area contributed by atoms with E-state index in [2.05, 4.69) is 15.3 Å². The number of carbonyl (C=O) groups excluding carboxylic acids is 1. The monoisotopic (exact) mass is 335 g/mol. The van der Waals surface area contributed by atoms with Gasteiger partial charge in [-0.3, -0.25) is 9.36 Å². The molecule has 24 heavy (non-hydrogen) atoms. The van der Waals surface area contributed by atoms with E-state index >= 15 is 0 Å². The molecule has 3 heterocycles. The van der Waals surface area contributed by atoms with Crippen LogP contribution in [0.4, 0.5) is 0 Å². The summed E-state index contributed by atoms with van der Waals surface area (Å²) in [6.07, 6.45) is 8.94. The van der Waals surface area contributed by atoms with Crippen LogP contribution in [0.2, 0.25) is 0 Å². The highest BCUT2D eigenvalue weighted by Crippen LogP contribution is 2.10. The van der Waals surface area contributed by atoms with E-state index in [4.69, 9.17) is 0 Å². The van der Waals surface area contributed by atoms with Crippen LogP contribution in [0.3, 0.4) is 0 Å². The first-order valence-electron chi connectivity index (χ1n) is 9.39. The van der Waals surface area contributed by atoms with Crippen molar-refractivity contribution in [1.29, 1.82) is 0 Å². The zero-order chi connectivity index (χ0) is 16.8. The molecule has 2 aliphatic rings. The largest absolute Gasteiger partial charge is 0.354 e. The molecule has 1 aromatic rings. The SMILES string of the molecule is O=C(Cn1nc2n(c1=O)CCCCC2)NCCCN1CCCCC1. The van der Waals surface area contributed by atoms with Crippen molar-refractivity contribution in [3.05, 3.63) is 16.3 Å². The van der Waals surface area contributed by atoms with Crippen LogP contribution in [0.1, 0.15) is 50.8 Å². The molecule has 3 rings (SSSR count). The molecule has 134 valence electrons. The number of nitrogens with zero attached hydrogens (tertiary/aromatic N) is 4. The third-order valence-electron chi connectivity index (χ3n) is 5.00. The van der Waals surface area contributed by atoms with Crippen molar-refractivity contribution in [2.45, 2.75) is 64.5 Å². The van der Waals surface area contributed by atoms with Gasteiger partial charge in [0.25, 0.3) is 0 Å². The molecule has 1 saturated heterocycles. The molecule has 0 unspecified atom stereocenters. The Hall–Kier alpha value is -1.63. The Bertz CT molecular complexity index is 601. The Morgan fingerprint density at radius 2 is 1.79 bits per heavy atom. The van der Waals surface area contributed by atoms with E-state index < -0.39 is 0 Å². The fourth-order valence-electron chi connectivity index (χ4n) is 3.63. The van der Waals surface area contributed by atoms with Crippen molar-refractivity contribution in [2.75, 3.05) is 26.2 Å². The Morgan fingerprint density at radius 1 is 1.04 bits per heavy atom. The molecular formula is C17H29N5O2. The Kier molecular flexibility index (Phi) is 6.07. The van der Waals surface area contributed by atoms with E-state index in [1.54, 1.807) is 4.57 Å². The lowest BCUT2D eigenvalue weighted by molar-refractivity contribution is -0.121. The van der Waals surface area contributed by atoms with Gasteiger partial charge < -0.3 is 10.2 Å². The first-order chi connectivity index (χ1) is 11.7. The second-order valence-electron chi connectivity index (χ2n) is 6.92. The number of amides is 1. The summed E-state index contributed by atoms with van der Waals surface area (Å²) in [5.74, 6) is 0.708. The maximum Gasteiger partial charge on any atom is 0.346 e. The van der Waals surface area contributed by atoms with Crippen molar-refractivity contribution in [2.24, 2.45) is 0 Å². The number of likely N-dealkylation sites (tertiary alicyclic amines) is 1. The molecule has 0 bridgehead atoms. The summed E-state index contributed by atoms with van der Waals surface area (Å²) in [7, 11) is 0. The Labute approximate surface area is 143 Å². The number of piperidine rings is 1. The van der Waals surface area contributed by atoms with Gasteiger partial charge in [0.2, 0.25) is 5.91 Å². The Balaban J connectivity index is 1.42. The van der Waals surface area contributed by atoms with E-state index in [1.165, 1.54) is 37.0 Å². The van der Waals surface area contributed by atoms with Crippen molar-refractivity contribution in [3.63, 3.8) is 0 Å². The number of aromatic nitrogens is 3. The first kappa shape index (κ1) is 17.2. The zero-order valence-electron chi connectivity index (χ0n) is 14.5. The van der Waals surface area contributed by atoms with Gasteiger partial charge in [-0.1, -0.05) is 12.8 Å². The third-order valence-corrected chi connectivity index (χ3v) is 5.00. The average molecular weight is 335 g/mol. The highest BCUT2D eigenvalue weighted by Gasteiger charge is 2.17. The second-order valence-corrected chi connectivity index (χ2v) is 6.92. The smallest absolute Gasteiger partial charge is 0.346 e. The van der Waals surface area contributed by atoms with Gasteiger partial charge in [-0.2, -0.15) is 5.10 Å². The standard InChI is InChI=1S/C17H29N5O2/c23-16(18-9-7-12-20-10-4-2-5-11-20)14-22-17(24)21-13-6-1-3-8-15(21)19-22/h1-14H2,(H,18,23). The molecule has 7 nitrogen and oxygen atoms in total. The van der Waals surface area contributed by atoms with Crippen molar-refractivity contribution < 1.29 is 4.79 Å². The lowest BCUT2D eigenvalue weighted by atomic mass is 10.1. The van der Waals surface area contributed by atoms with Crippen LogP contribution in [0.5, 0.6) is 0 Å². The quantitative estimate of drug-likeness (QED) is 0.779. The van der Waals surface area contributed by atoms with Crippen LogP contribution in [-0.4, -0.2) is 51.3 Å². The molecule has 1 amide bonds. The van der Waals surface area contributed by atoms with Gasteiger partial charge in [0.15, 0.2) is 0 Å². The van der Waals surface area contributed by atoms with Crippen LogP contribution in [0.15, 0.2) is 4.79 Å². The number of hydrogen-bond donors (Lipinski definition) is 1. The van der Waals surface area contributed by atoms with Crippen LogP contribution in [-0.2, 0) is 24.3 Å². The summed E-state index contributed by atoms with van der Waals surface area (Å²) >= 11 is 0. The van der Waals surface area contributed by atoms with Crippen molar-refractivity contribution >= 4 is 5.91 Å². The summed E-state index contributed by atoms with van der Waals surface area (Å²) in [6.45, 7) is 4.83. The zero-order valence-corrected chi connectivity index (χ0v) is 14.5. The maximum absolute atomic E-state index is 12.3. The fourth-order valence-corrected chi connectivity index (χ4v) is 3.63. The molecule has 0 radical (unpaired) electrons. The van der Waals surface area contributed by atoms with Gasteiger partial charge in [-0.05, 0) is 51.7 Å². The predicted molar refractivity (Wildman–Crippen MR) is 92.0 cm³/mol. The van der Waals surface area contributed by atoms with Gasteiger partial charge in [0, 0.05) is 19.5 Å². The minimum absolute atomic E-state index is 0.0303. The van der Waals surface area contributed by atoms with Crippen molar-refractivity contribution in [3.8, 4) is 0 Å². The summed E-state index contributed by atoms with van der Waals surface area (Å²) in [5, 5.41) is 7.27. The Morgan fingerprint density at radius 3 is 2.62 bits per heavy atom. The number of aryl methyl sites for hydroxylation is 1. The number of rotatable bonds is 6. The van der Waals surface area contributed by atoms with E-state index in [0.717, 1.165) is 51.0 Å². The van der Waals surface area contributed by atoms with Gasteiger partial charge in [0.1, 0.15) is 12.4 Å². The molecule has 0 spiro atoms. The molecule has 2 aliphatic heterocycles. The molecule has 0 saturated carbocycles. The van der Waals surface area contributed by atoms with Gasteiger partial charge >= 0.3 is 5.69 Å². The highest BCUT2D eigenvalue weighted by molar-refractivity contribution is 5.75. The minimum atomic E-state index is -0.143. The molecular weight excluding hydrogens is 306 g/mol. The van der Waals surface area contributed by atoms with E-state index in [-0.39, 0.29) is 18.1 Å². The molecule has 0 aromatic carbocycles. The normalized spacial score (nSPS) is 18.8. The van der Waals surface area contributed by atoms with Crippen LogP contribution in [0.25, 0.3) is 0 Å². The summed E-state index contributed by atoms with van der Waals surface area (Å²) in [6, 6.07) is 0. The van der Waals surface area contributed by atoms with E-state index in [0.29, 0.717) is 6.54 Å². The van der Waals surface area contributed by atoms with E-state index in [9.17, 15) is 9.59 Å². The van der Waals surface area contributed by atoms with Crippen molar-refractivity contribution in [1.82, 2.24) is 24.6 Å². The number of hydrogen-bond acceptors (Lipinski definition) is 4. The summed E-state index contributed by atoms with van der Waals surface area (Å²) in [5.41, 5.74) is -0.143. The summed E-state index contributed by atoms with van der Waals surface area (Å²) < 4.78 is 3.05. The molecule has 1 fully saturated rings. The second kappa shape index (κ2) is 8.46. The number of nitrogens with one attached hydrogen (secondary N) is 1. The topological polar surface area (TPSA) is 72.2 Å². The van der Waals surface area contributed by atoms with Gasteiger partial charge in [-0.25, -0.2) is 9.48 Å². The maximum atomic E-state index is 12.3. The fraction of sp³-hybridized carbons (Fsp3) is 0.824. The molecule has 1 aromatic heterocycles. The van der Waals surface area contributed by atoms with Crippen LogP contribution < -0.4 is 11.0 Å². The minimum Gasteiger partial charge on any atom is -0.354 e. The molecule has 1 N–H and O–H groups in total. The number of carbonyl (C=O) groups is 1.